The average molecular weight is 244 g/mol. The monoisotopic (exact) mass is 244 g/mol. The third kappa shape index (κ3) is 2.07. The minimum atomic E-state index is -0.424. The average Bonchev–Trinajstić information content (AvgIpc) is 2.28. The summed E-state index contributed by atoms with van der Waals surface area (Å²) >= 11 is 0. The molecule has 1 heterocycles. The molecule has 0 radical (unpaired) electrons. The Morgan fingerprint density at radius 2 is 2.28 bits per heavy atom. The molecule has 1 amide bonds. The number of hydrogen-bond donors (Lipinski definition) is 2. The first-order valence-corrected chi connectivity index (χ1v) is 5.96. The summed E-state index contributed by atoms with van der Waals surface area (Å²) in [5.74, 6) is 0.355. The Hall–Kier alpha value is -1.93. The van der Waals surface area contributed by atoms with Gasteiger partial charge in [0.1, 0.15) is 6.20 Å². The van der Waals surface area contributed by atoms with Crippen LogP contribution in [0, 0.1) is 13.5 Å². The highest BCUT2D eigenvalue weighted by Crippen LogP contribution is 2.32. The summed E-state index contributed by atoms with van der Waals surface area (Å²) in [7, 11) is 1.81. The Kier molecular flexibility index (Phi) is 3.30. The van der Waals surface area contributed by atoms with Crippen LogP contribution in [0.2, 0.25) is 0 Å². The van der Waals surface area contributed by atoms with Crippen LogP contribution in [0.5, 0.6) is 0 Å². The SMILES string of the molecule is [C-]#[N+]c1ncc(NC(=O)C2(NC)CCC2)cc1C. The van der Waals surface area contributed by atoms with Crippen LogP contribution in [0.3, 0.4) is 0 Å². The van der Waals surface area contributed by atoms with E-state index < -0.39 is 5.54 Å². The van der Waals surface area contributed by atoms with Crippen LogP contribution in [0.1, 0.15) is 24.8 Å². The Balaban J connectivity index is 2.13. The van der Waals surface area contributed by atoms with Crippen molar-refractivity contribution >= 4 is 17.4 Å². The molecule has 1 aliphatic rings. The number of rotatable bonds is 3. The number of amides is 1. The van der Waals surface area contributed by atoms with Crippen LogP contribution in [0.25, 0.3) is 4.85 Å². The van der Waals surface area contributed by atoms with Gasteiger partial charge in [-0.3, -0.25) is 4.79 Å². The van der Waals surface area contributed by atoms with Gasteiger partial charge in [0.2, 0.25) is 5.91 Å². The van der Waals surface area contributed by atoms with E-state index in [1.807, 2.05) is 14.0 Å². The fourth-order valence-corrected chi connectivity index (χ4v) is 2.12. The lowest BCUT2D eigenvalue weighted by Crippen LogP contribution is -2.58. The summed E-state index contributed by atoms with van der Waals surface area (Å²) in [5.41, 5.74) is 0.994. The lowest BCUT2D eigenvalue weighted by Gasteiger charge is -2.39. The predicted octanol–water partition coefficient (Wildman–Crippen LogP) is 2.02. The largest absolute Gasteiger partial charge is 0.360 e. The molecule has 0 atom stereocenters. The van der Waals surface area contributed by atoms with E-state index in [2.05, 4.69) is 20.5 Å². The van der Waals surface area contributed by atoms with Crippen LogP contribution >= 0.6 is 0 Å². The molecule has 0 spiro atoms. The number of hydrogen-bond acceptors (Lipinski definition) is 3. The third-order valence-corrected chi connectivity index (χ3v) is 3.53. The van der Waals surface area contributed by atoms with Crippen molar-refractivity contribution < 1.29 is 4.79 Å². The second-order valence-corrected chi connectivity index (χ2v) is 4.62. The third-order valence-electron chi connectivity index (χ3n) is 3.53. The van der Waals surface area contributed by atoms with Gasteiger partial charge in [-0.25, -0.2) is 0 Å². The van der Waals surface area contributed by atoms with Crippen LogP contribution in [0.4, 0.5) is 11.5 Å². The summed E-state index contributed by atoms with van der Waals surface area (Å²) in [6.45, 7) is 8.74. The number of aryl methyl sites for hydroxylation is 1. The molecule has 18 heavy (non-hydrogen) atoms. The number of likely N-dealkylation sites (N-methyl/N-ethyl adjacent to an activating group) is 1. The Bertz CT molecular complexity index is 509. The summed E-state index contributed by atoms with van der Waals surface area (Å²) in [6, 6.07) is 1.78. The van der Waals surface area contributed by atoms with Crippen molar-refractivity contribution in [2.45, 2.75) is 31.7 Å². The molecule has 5 nitrogen and oxygen atoms in total. The van der Waals surface area contributed by atoms with E-state index >= 15 is 0 Å². The van der Waals surface area contributed by atoms with Gasteiger partial charge in [0.05, 0.1) is 11.2 Å². The molecular formula is C13H16N4O. The van der Waals surface area contributed by atoms with E-state index in [0.29, 0.717) is 11.5 Å². The Labute approximate surface area is 106 Å². The molecule has 0 saturated heterocycles. The van der Waals surface area contributed by atoms with Gasteiger partial charge in [-0.1, -0.05) is 6.57 Å². The van der Waals surface area contributed by atoms with Gasteiger partial charge in [-0.15, -0.1) is 4.98 Å². The zero-order valence-electron chi connectivity index (χ0n) is 10.6. The summed E-state index contributed by atoms with van der Waals surface area (Å²) in [5, 5.41) is 5.95. The molecule has 0 bridgehead atoms. The van der Waals surface area contributed by atoms with Gasteiger partial charge in [0.25, 0.3) is 5.82 Å². The smallest absolute Gasteiger partial charge is 0.272 e. The Morgan fingerprint density at radius 1 is 1.56 bits per heavy atom. The van der Waals surface area contributed by atoms with E-state index in [9.17, 15) is 4.79 Å². The first-order valence-electron chi connectivity index (χ1n) is 5.96. The minimum Gasteiger partial charge on any atom is -0.360 e. The molecule has 0 aromatic carbocycles. The first kappa shape index (κ1) is 12.5. The van der Waals surface area contributed by atoms with Gasteiger partial charge < -0.3 is 15.5 Å². The van der Waals surface area contributed by atoms with Crippen molar-refractivity contribution in [2.24, 2.45) is 0 Å². The topological polar surface area (TPSA) is 58.4 Å². The number of nitrogens with zero attached hydrogens (tertiary/aromatic N) is 2. The highest BCUT2D eigenvalue weighted by Gasteiger charge is 2.42. The first-order chi connectivity index (χ1) is 8.61. The van der Waals surface area contributed by atoms with E-state index in [0.717, 1.165) is 24.8 Å². The molecule has 1 fully saturated rings. The van der Waals surface area contributed by atoms with Crippen molar-refractivity contribution in [3.63, 3.8) is 0 Å². The number of pyridine rings is 1. The predicted molar refractivity (Wildman–Crippen MR) is 69.5 cm³/mol. The van der Waals surface area contributed by atoms with E-state index in [1.54, 1.807) is 6.07 Å². The highest BCUT2D eigenvalue weighted by molar-refractivity contribution is 5.98. The van der Waals surface area contributed by atoms with Gasteiger partial charge >= 0.3 is 0 Å². The normalized spacial score (nSPS) is 16.5. The van der Waals surface area contributed by atoms with Crippen molar-refractivity contribution in [3.05, 3.63) is 29.2 Å². The lowest BCUT2D eigenvalue weighted by atomic mass is 9.76. The lowest BCUT2D eigenvalue weighted by molar-refractivity contribution is -0.125. The van der Waals surface area contributed by atoms with Gasteiger partial charge in [-0.05, 0) is 44.9 Å². The maximum Gasteiger partial charge on any atom is 0.272 e. The number of nitrogens with one attached hydrogen (secondary N) is 2. The number of carbonyl (C=O) groups is 1. The molecule has 1 aromatic rings. The molecule has 2 rings (SSSR count). The summed E-state index contributed by atoms with van der Waals surface area (Å²) in [4.78, 5) is 19.5. The molecular weight excluding hydrogens is 228 g/mol. The quantitative estimate of drug-likeness (QED) is 0.800. The second-order valence-electron chi connectivity index (χ2n) is 4.62. The molecule has 1 aliphatic carbocycles. The number of anilines is 1. The van der Waals surface area contributed by atoms with E-state index in [1.165, 1.54) is 6.20 Å². The van der Waals surface area contributed by atoms with Gasteiger partial charge in [0, 0.05) is 0 Å². The van der Waals surface area contributed by atoms with Gasteiger partial charge in [-0.2, -0.15) is 0 Å². The highest BCUT2D eigenvalue weighted by atomic mass is 16.2. The van der Waals surface area contributed by atoms with Crippen LogP contribution in [-0.2, 0) is 4.79 Å². The standard InChI is InChI=1S/C13H16N4O/c1-9-7-10(8-16-11(9)14-2)17-12(18)13(15-3)5-4-6-13/h7-8,15H,4-6H2,1,3H3,(H,17,18). The van der Waals surface area contributed by atoms with Crippen LogP contribution in [-0.4, -0.2) is 23.5 Å². The molecule has 94 valence electrons. The molecule has 1 aromatic heterocycles. The summed E-state index contributed by atoms with van der Waals surface area (Å²) in [6.07, 6.45) is 4.33. The summed E-state index contributed by atoms with van der Waals surface area (Å²) < 4.78 is 0. The zero-order valence-corrected chi connectivity index (χ0v) is 10.6. The van der Waals surface area contributed by atoms with E-state index in [-0.39, 0.29) is 5.91 Å². The van der Waals surface area contributed by atoms with Crippen molar-refractivity contribution in [1.29, 1.82) is 0 Å². The maximum absolute atomic E-state index is 12.2. The fraction of sp³-hybridized carbons (Fsp3) is 0.462. The number of carbonyl (C=O) groups excluding carboxylic acids is 1. The van der Waals surface area contributed by atoms with Crippen molar-refractivity contribution in [3.8, 4) is 0 Å². The minimum absolute atomic E-state index is 0.0204. The van der Waals surface area contributed by atoms with Crippen molar-refractivity contribution in [2.75, 3.05) is 12.4 Å². The molecule has 0 aliphatic heterocycles. The van der Waals surface area contributed by atoms with Crippen LogP contribution < -0.4 is 10.6 Å². The second kappa shape index (κ2) is 4.75. The molecule has 1 saturated carbocycles. The van der Waals surface area contributed by atoms with E-state index in [4.69, 9.17) is 6.57 Å². The molecule has 2 N–H and O–H groups in total. The van der Waals surface area contributed by atoms with Crippen molar-refractivity contribution in [1.82, 2.24) is 10.3 Å². The maximum atomic E-state index is 12.2. The van der Waals surface area contributed by atoms with Crippen LogP contribution in [0.15, 0.2) is 12.3 Å². The molecule has 5 heteroatoms. The Morgan fingerprint density at radius 3 is 2.72 bits per heavy atom. The number of aromatic nitrogens is 1. The van der Waals surface area contributed by atoms with Gasteiger partial charge in [0.15, 0.2) is 0 Å². The molecule has 0 unspecified atom stereocenters. The zero-order chi connectivity index (χ0) is 13.2. The fourth-order valence-electron chi connectivity index (χ4n) is 2.12.